The summed E-state index contributed by atoms with van der Waals surface area (Å²) in [5.74, 6) is 1.03. The molecule has 4 heteroatoms. The number of methoxy groups -OCH3 is 1. The molecule has 0 amide bonds. The molecule has 4 nitrogen and oxygen atoms in total. The van der Waals surface area contributed by atoms with Gasteiger partial charge in [-0.25, -0.2) is 9.78 Å². The second-order valence-electron chi connectivity index (χ2n) is 5.97. The standard InChI is InChI=1S/C23H17NO3/c1-26-23(25)20-13-12-18-19(24-20)14-15-21(27-17-10-6-3-7-11-17)22(18)16-8-4-2-5-9-16/h2-15H,1H3. The van der Waals surface area contributed by atoms with Gasteiger partial charge in [-0.15, -0.1) is 0 Å². The minimum Gasteiger partial charge on any atom is -0.464 e. The molecule has 0 aliphatic heterocycles. The van der Waals surface area contributed by atoms with Gasteiger partial charge in [-0.2, -0.15) is 0 Å². The fraction of sp³-hybridized carbons (Fsp3) is 0.0435. The SMILES string of the molecule is COC(=O)c1ccc2c(-c3ccccc3)c(Oc3ccccc3)ccc2n1. The molecule has 0 radical (unpaired) electrons. The number of rotatable bonds is 4. The highest BCUT2D eigenvalue weighted by atomic mass is 16.5. The number of carbonyl (C=O) groups excluding carboxylic acids is 1. The number of carbonyl (C=O) groups is 1. The molecule has 1 aromatic heterocycles. The Kier molecular flexibility index (Phi) is 4.54. The number of ether oxygens (including phenoxy) is 2. The molecule has 0 fully saturated rings. The Bertz CT molecular complexity index is 1090. The van der Waals surface area contributed by atoms with Crippen molar-refractivity contribution in [3.63, 3.8) is 0 Å². The minimum atomic E-state index is -0.456. The van der Waals surface area contributed by atoms with Crippen LogP contribution in [0.15, 0.2) is 84.9 Å². The number of para-hydroxylation sites is 1. The zero-order chi connectivity index (χ0) is 18.6. The van der Waals surface area contributed by atoms with E-state index in [0.717, 1.165) is 28.0 Å². The van der Waals surface area contributed by atoms with Crippen molar-refractivity contribution in [3.8, 4) is 22.6 Å². The Labute approximate surface area is 157 Å². The van der Waals surface area contributed by atoms with Crippen LogP contribution < -0.4 is 4.74 Å². The summed E-state index contributed by atoms with van der Waals surface area (Å²) in [6, 6.07) is 26.9. The summed E-state index contributed by atoms with van der Waals surface area (Å²) in [4.78, 5) is 16.3. The molecule has 4 aromatic rings. The molecule has 132 valence electrons. The van der Waals surface area contributed by atoms with E-state index in [4.69, 9.17) is 9.47 Å². The van der Waals surface area contributed by atoms with Gasteiger partial charge in [-0.3, -0.25) is 0 Å². The first-order chi connectivity index (χ1) is 13.3. The van der Waals surface area contributed by atoms with Gasteiger partial charge in [-0.05, 0) is 42.0 Å². The lowest BCUT2D eigenvalue weighted by Crippen LogP contribution is -2.04. The van der Waals surface area contributed by atoms with Crippen molar-refractivity contribution in [2.45, 2.75) is 0 Å². The van der Waals surface area contributed by atoms with Crippen molar-refractivity contribution in [3.05, 3.63) is 90.6 Å². The van der Waals surface area contributed by atoms with Crippen LogP contribution >= 0.6 is 0 Å². The van der Waals surface area contributed by atoms with Crippen molar-refractivity contribution < 1.29 is 14.3 Å². The van der Waals surface area contributed by atoms with Crippen LogP contribution in [0.2, 0.25) is 0 Å². The minimum absolute atomic E-state index is 0.278. The zero-order valence-corrected chi connectivity index (χ0v) is 14.8. The molecule has 0 unspecified atom stereocenters. The summed E-state index contributed by atoms with van der Waals surface area (Å²) in [6.07, 6.45) is 0. The number of hydrogen-bond donors (Lipinski definition) is 0. The van der Waals surface area contributed by atoms with Crippen LogP contribution in [0.3, 0.4) is 0 Å². The third-order valence-corrected chi connectivity index (χ3v) is 4.26. The summed E-state index contributed by atoms with van der Waals surface area (Å²) in [5.41, 5.74) is 2.93. The maximum Gasteiger partial charge on any atom is 0.356 e. The molecule has 0 spiro atoms. The highest BCUT2D eigenvalue weighted by Crippen LogP contribution is 2.38. The van der Waals surface area contributed by atoms with Crippen LogP contribution in [0.1, 0.15) is 10.5 Å². The Balaban J connectivity index is 1.91. The molecule has 0 atom stereocenters. The van der Waals surface area contributed by atoms with Crippen LogP contribution in [0, 0.1) is 0 Å². The highest BCUT2D eigenvalue weighted by molar-refractivity contribution is 6.00. The molecule has 0 aliphatic rings. The molecular weight excluding hydrogens is 338 g/mol. The lowest BCUT2D eigenvalue weighted by atomic mass is 9.99. The van der Waals surface area contributed by atoms with Gasteiger partial charge >= 0.3 is 5.97 Å². The maximum atomic E-state index is 11.8. The van der Waals surface area contributed by atoms with Crippen LogP contribution in [-0.2, 0) is 4.74 Å². The van der Waals surface area contributed by atoms with E-state index in [9.17, 15) is 4.79 Å². The maximum absolute atomic E-state index is 11.8. The lowest BCUT2D eigenvalue weighted by Gasteiger charge is -2.14. The number of aromatic nitrogens is 1. The molecule has 0 N–H and O–H groups in total. The summed E-state index contributed by atoms with van der Waals surface area (Å²) in [5, 5.41) is 0.905. The Hall–Kier alpha value is -3.66. The number of hydrogen-bond acceptors (Lipinski definition) is 4. The summed E-state index contributed by atoms with van der Waals surface area (Å²) in [6.45, 7) is 0. The number of benzene rings is 3. The third kappa shape index (κ3) is 3.37. The first-order valence-corrected chi connectivity index (χ1v) is 8.56. The molecular formula is C23H17NO3. The lowest BCUT2D eigenvalue weighted by molar-refractivity contribution is 0.0594. The van der Waals surface area contributed by atoms with Crippen LogP contribution in [0.4, 0.5) is 0 Å². The number of pyridine rings is 1. The Morgan fingerprint density at radius 1 is 0.815 bits per heavy atom. The van der Waals surface area contributed by atoms with E-state index in [0.29, 0.717) is 5.52 Å². The third-order valence-electron chi connectivity index (χ3n) is 4.26. The molecule has 3 aromatic carbocycles. The largest absolute Gasteiger partial charge is 0.464 e. The van der Waals surface area contributed by atoms with E-state index in [1.54, 1.807) is 6.07 Å². The normalized spacial score (nSPS) is 10.6. The smallest absolute Gasteiger partial charge is 0.356 e. The molecule has 0 bridgehead atoms. The topological polar surface area (TPSA) is 48.4 Å². The molecule has 27 heavy (non-hydrogen) atoms. The Morgan fingerprint density at radius 3 is 2.22 bits per heavy atom. The average Bonchev–Trinajstić information content (AvgIpc) is 2.74. The van der Waals surface area contributed by atoms with Gasteiger partial charge in [0, 0.05) is 10.9 Å². The van der Waals surface area contributed by atoms with E-state index >= 15 is 0 Å². The second-order valence-corrected chi connectivity index (χ2v) is 5.97. The highest BCUT2D eigenvalue weighted by Gasteiger charge is 2.15. The van der Waals surface area contributed by atoms with Crippen LogP contribution in [0.5, 0.6) is 11.5 Å². The van der Waals surface area contributed by atoms with Gasteiger partial charge in [0.25, 0.3) is 0 Å². The van der Waals surface area contributed by atoms with Crippen molar-refractivity contribution in [2.75, 3.05) is 7.11 Å². The Morgan fingerprint density at radius 2 is 1.52 bits per heavy atom. The van der Waals surface area contributed by atoms with Crippen molar-refractivity contribution >= 4 is 16.9 Å². The summed E-state index contributed by atoms with van der Waals surface area (Å²) in [7, 11) is 1.35. The van der Waals surface area contributed by atoms with E-state index in [1.807, 2.05) is 78.9 Å². The van der Waals surface area contributed by atoms with Crippen molar-refractivity contribution in [1.29, 1.82) is 0 Å². The van der Waals surface area contributed by atoms with E-state index in [2.05, 4.69) is 4.98 Å². The fourth-order valence-corrected chi connectivity index (χ4v) is 3.01. The van der Waals surface area contributed by atoms with Crippen LogP contribution in [0.25, 0.3) is 22.0 Å². The predicted octanol–water partition coefficient (Wildman–Crippen LogP) is 5.48. The fourth-order valence-electron chi connectivity index (χ4n) is 3.01. The second kappa shape index (κ2) is 7.30. The first kappa shape index (κ1) is 16.8. The monoisotopic (exact) mass is 355 g/mol. The van der Waals surface area contributed by atoms with Crippen molar-refractivity contribution in [2.24, 2.45) is 0 Å². The number of esters is 1. The van der Waals surface area contributed by atoms with Crippen LogP contribution in [-0.4, -0.2) is 18.1 Å². The van der Waals surface area contributed by atoms with Gasteiger partial charge < -0.3 is 9.47 Å². The summed E-state index contributed by atoms with van der Waals surface area (Å²) >= 11 is 0. The quantitative estimate of drug-likeness (QED) is 0.455. The first-order valence-electron chi connectivity index (χ1n) is 8.56. The predicted molar refractivity (Wildman–Crippen MR) is 105 cm³/mol. The molecule has 0 aliphatic carbocycles. The molecule has 0 saturated carbocycles. The average molecular weight is 355 g/mol. The van der Waals surface area contributed by atoms with Gasteiger partial charge in [0.05, 0.1) is 12.6 Å². The zero-order valence-electron chi connectivity index (χ0n) is 14.8. The van der Waals surface area contributed by atoms with Gasteiger partial charge in [-0.1, -0.05) is 48.5 Å². The van der Waals surface area contributed by atoms with Gasteiger partial charge in [0.2, 0.25) is 0 Å². The molecule has 1 heterocycles. The molecule has 4 rings (SSSR count). The van der Waals surface area contributed by atoms with E-state index < -0.39 is 5.97 Å². The number of nitrogens with zero attached hydrogens (tertiary/aromatic N) is 1. The van der Waals surface area contributed by atoms with E-state index in [1.165, 1.54) is 7.11 Å². The number of fused-ring (bicyclic) bond motifs is 1. The van der Waals surface area contributed by atoms with Crippen molar-refractivity contribution in [1.82, 2.24) is 4.98 Å². The van der Waals surface area contributed by atoms with E-state index in [-0.39, 0.29) is 5.69 Å². The van der Waals surface area contributed by atoms with Gasteiger partial charge in [0.15, 0.2) is 0 Å². The van der Waals surface area contributed by atoms with Gasteiger partial charge in [0.1, 0.15) is 17.2 Å². The summed E-state index contributed by atoms with van der Waals surface area (Å²) < 4.78 is 10.9. The molecule has 0 saturated heterocycles.